The van der Waals surface area contributed by atoms with Crippen LogP contribution in [0.5, 0.6) is 0 Å². The first-order valence-electron chi connectivity index (χ1n) is 10.5. The number of hydrogen-bond acceptors (Lipinski definition) is 9. The summed E-state index contributed by atoms with van der Waals surface area (Å²) in [6.45, 7) is -0.354. The van der Waals surface area contributed by atoms with Gasteiger partial charge < -0.3 is 15.5 Å². The van der Waals surface area contributed by atoms with Crippen molar-refractivity contribution in [3.05, 3.63) is 52.8 Å². The van der Waals surface area contributed by atoms with Gasteiger partial charge in [-0.25, -0.2) is 10.1 Å². The van der Waals surface area contributed by atoms with E-state index in [9.17, 15) is 18.6 Å². The summed E-state index contributed by atoms with van der Waals surface area (Å²) < 4.78 is 28.3. The fraction of sp³-hybridized carbons (Fsp3) is 0.286. The van der Waals surface area contributed by atoms with Crippen LogP contribution in [0.25, 0.3) is 27.8 Å². The van der Waals surface area contributed by atoms with E-state index in [1.165, 1.54) is 4.52 Å². The molecule has 4 aromatic rings. The predicted molar refractivity (Wildman–Crippen MR) is 130 cm³/mol. The van der Waals surface area contributed by atoms with Crippen LogP contribution in [0.15, 0.2) is 42.6 Å². The Kier molecular flexibility index (Phi) is 6.30. The highest BCUT2D eigenvalue weighted by Crippen LogP contribution is 2.32. The number of halogens is 2. The van der Waals surface area contributed by atoms with E-state index in [0.717, 1.165) is 10.9 Å². The minimum Gasteiger partial charge on any atom is -0.390 e. The molecular formula is C21H20Cl2N6O5S. The molecule has 0 spiro atoms. The fourth-order valence-corrected chi connectivity index (χ4v) is 5.05. The molecular weight excluding hydrogens is 519 g/mol. The standard InChI is InChI=1S/C21H20Cl2N6O5S/c22-11-1-2-12-13(3-4-25-14(12)6-11)15-7-18-27-17(23)8-19(29(18)28-15)26-16-5-10(20(30)21(16)31)9-34-35(24,32)33/h1-4,6-8,10,16,20-21,26,30-31H,5,9H2,(H2,24,32,33)/t10-,16-,20-,21+/m1/s1. The number of aromatic nitrogens is 4. The van der Waals surface area contributed by atoms with E-state index in [1.807, 2.05) is 12.1 Å². The monoisotopic (exact) mass is 538 g/mol. The molecule has 4 atom stereocenters. The van der Waals surface area contributed by atoms with Crippen LogP contribution in [0, 0.1) is 5.92 Å². The average molecular weight is 539 g/mol. The van der Waals surface area contributed by atoms with Gasteiger partial charge in [0.25, 0.3) is 0 Å². The van der Waals surface area contributed by atoms with Crippen molar-refractivity contribution in [2.24, 2.45) is 11.1 Å². The van der Waals surface area contributed by atoms with E-state index in [-0.39, 0.29) is 18.2 Å². The molecule has 5 rings (SSSR count). The molecule has 1 fully saturated rings. The van der Waals surface area contributed by atoms with E-state index >= 15 is 0 Å². The number of nitrogens with one attached hydrogen (secondary N) is 1. The summed E-state index contributed by atoms with van der Waals surface area (Å²) in [6, 6.07) is 9.91. The van der Waals surface area contributed by atoms with Crippen molar-refractivity contribution in [3.8, 4) is 11.3 Å². The Morgan fingerprint density at radius 3 is 2.74 bits per heavy atom. The Balaban J connectivity index is 1.47. The number of benzene rings is 1. The van der Waals surface area contributed by atoms with Crippen molar-refractivity contribution in [2.75, 3.05) is 11.9 Å². The van der Waals surface area contributed by atoms with Crippen LogP contribution in [-0.4, -0.2) is 63.1 Å². The van der Waals surface area contributed by atoms with Crippen LogP contribution in [0.2, 0.25) is 10.2 Å². The van der Waals surface area contributed by atoms with Gasteiger partial charge in [0, 0.05) is 40.2 Å². The summed E-state index contributed by atoms with van der Waals surface area (Å²) in [7, 11) is -4.17. The Morgan fingerprint density at radius 2 is 1.97 bits per heavy atom. The van der Waals surface area contributed by atoms with Crippen molar-refractivity contribution in [1.82, 2.24) is 19.6 Å². The molecule has 35 heavy (non-hydrogen) atoms. The first-order valence-corrected chi connectivity index (χ1v) is 12.7. The predicted octanol–water partition coefficient (Wildman–Crippen LogP) is 1.99. The molecule has 1 aromatic carbocycles. The van der Waals surface area contributed by atoms with E-state index < -0.39 is 34.5 Å². The minimum atomic E-state index is -4.17. The SMILES string of the molecule is NS(=O)(=O)OC[C@H]1C[C@@H](Nc2cc(Cl)nc3cc(-c4ccnc5cc(Cl)ccc45)nn23)[C@H](O)[C@@H]1O. The molecule has 14 heteroatoms. The first kappa shape index (κ1) is 24.1. The van der Waals surface area contributed by atoms with Crippen LogP contribution >= 0.6 is 23.2 Å². The summed E-state index contributed by atoms with van der Waals surface area (Å²) in [5, 5.41) is 35.2. The second kappa shape index (κ2) is 9.13. The molecule has 184 valence electrons. The molecule has 0 amide bonds. The number of fused-ring (bicyclic) bond motifs is 2. The van der Waals surface area contributed by atoms with Gasteiger partial charge in [0.05, 0.1) is 30.0 Å². The number of hydrogen-bond donors (Lipinski definition) is 4. The van der Waals surface area contributed by atoms with Crippen molar-refractivity contribution in [2.45, 2.75) is 24.7 Å². The van der Waals surface area contributed by atoms with Gasteiger partial charge in [0.15, 0.2) is 5.65 Å². The van der Waals surface area contributed by atoms with E-state index in [4.69, 9.17) is 28.3 Å². The Bertz CT molecular complexity index is 1530. The van der Waals surface area contributed by atoms with Gasteiger partial charge in [0.1, 0.15) is 17.1 Å². The average Bonchev–Trinajstić information content (AvgIpc) is 3.33. The highest BCUT2D eigenvalue weighted by molar-refractivity contribution is 7.84. The number of aliphatic hydroxyl groups is 2. The summed E-state index contributed by atoms with van der Waals surface area (Å²) in [5.41, 5.74) is 2.60. The van der Waals surface area contributed by atoms with Crippen molar-refractivity contribution in [1.29, 1.82) is 0 Å². The molecule has 0 aliphatic heterocycles. The molecule has 5 N–H and O–H groups in total. The third-order valence-electron chi connectivity index (χ3n) is 5.96. The zero-order valence-electron chi connectivity index (χ0n) is 17.9. The summed E-state index contributed by atoms with van der Waals surface area (Å²) >= 11 is 12.3. The molecule has 3 aromatic heterocycles. The molecule has 1 saturated carbocycles. The van der Waals surface area contributed by atoms with Gasteiger partial charge in [-0.05, 0) is 24.6 Å². The van der Waals surface area contributed by atoms with Gasteiger partial charge in [-0.2, -0.15) is 18.0 Å². The number of rotatable bonds is 6. The minimum absolute atomic E-state index is 0.194. The van der Waals surface area contributed by atoms with Crippen LogP contribution in [0.3, 0.4) is 0 Å². The van der Waals surface area contributed by atoms with Gasteiger partial charge in [-0.15, -0.1) is 0 Å². The smallest absolute Gasteiger partial charge is 0.333 e. The third-order valence-corrected chi connectivity index (χ3v) is 6.85. The number of aliphatic hydroxyl groups excluding tert-OH is 2. The summed E-state index contributed by atoms with van der Waals surface area (Å²) in [4.78, 5) is 8.69. The van der Waals surface area contributed by atoms with Gasteiger partial charge in [-0.3, -0.25) is 9.17 Å². The first-order chi connectivity index (χ1) is 16.6. The molecule has 1 aliphatic carbocycles. The Labute approximate surface area is 209 Å². The van der Waals surface area contributed by atoms with E-state index in [0.29, 0.717) is 27.7 Å². The highest BCUT2D eigenvalue weighted by atomic mass is 35.5. The molecule has 1 aliphatic rings. The Morgan fingerprint density at radius 1 is 1.17 bits per heavy atom. The summed E-state index contributed by atoms with van der Waals surface area (Å²) in [6.07, 6.45) is -0.541. The topological polar surface area (TPSA) is 165 Å². The van der Waals surface area contributed by atoms with Crippen molar-refractivity contribution in [3.63, 3.8) is 0 Å². The lowest BCUT2D eigenvalue weighted by molar-refractivity contribution is 0.00777. The number of nitrogens with two attached hydrogens (primary N) is 1. The summed E-state index contributed by atoms with van der Waals surface area (Å²) in [5.74, 6) is -0.228. The molecule has 0 unspecified atom stereocenters. The quantitative estimate of drug-likeness (QED) is 0.268. The van der Waals surface area contributed by atoms with E-state index in [2.05, 4.69) is 24.6 Å². The molecule has 0 bridgehead atoms. The van der Waals surface area contributed by atoms with E-state index in [1.54, 1.807) is 30.5 Å². The second-order valence-electron chi connectivity index (χ2n) is 8.29. The van der Waals surface area contributed by atoms with Crippen LogP contribution in [0.4, 0.5) is 5.82 Å². The maximum atomic E-state index is 11.1. The van der Waals surface area contributed by atoms with Crippen molar-refractivity contribution < 1.29 is 22.8 Å². The number of anilines is 1. The largest absolute Gasteiger partial charge is 0.390 e. The second-order valence-corrected chi connectivity index (χ2v) is 10.3. The zero-order chi connectivity index (χ0) is 24.9. The lowest BCUT2D eigenvalue weighted by Gasteiger charge is -2.19. The third kappa shape index (κ3) is 4.91. The fourth-order valence-electron chi connectivity index (χ4n) is 4.33. The lowest BCUT2D eigenvalue weighted by Crippen LogP contribution is -2.36. The number of pyridine rings is 1. The molecule has 11 nitrogen and oxygen atoms in total. The normalized spacial score (nSPS) is 22.8. The zero-order valence-corrected chi connectivity index (χ0v) is 20.2. The maximum Gasteiger partial charge on any atom is 0.333 e. The number of nitrogens with zero attached hydrogens (tertiary/aromatic N) is 4. The van der Waals surface area contributed by atoms with Gasteiger partial charge >= 0.3 is 10.3 Å². The van der Waals surface area contributed by atoms with Crippen LogP contribution < -0.4 is 10.5 Å². The molecule has 0 saturated heterocycles. The van der Waals surface area contributed by atoms with Crippen LogP contribution in [0.1, 0.15) is 6.42 Å². The van der Waals surface area contributed by atoms with Crippen LogP contribution in [-0.2, 0) is 14.5 Å². The Hall–Kier alpha value is -2.58. The maximum absolute atomic E-state index is 11.1. The van der Waals surface area contributed by atoms with Crippen molar-refractivity contribution >= 4 is 55.9 Å². The van der Waals surface area contributed by atoms with Gasteiger partial charge in [-0.1, -0.05) is 29.3 Å². The van der Waals surface area contributed by atoms with Gasteiger partial charge in [0.2, 0.25) is 0 Å². The highest BCUT2D eigenvalue weighted by Gasteiger charge is 2.42. The lowest BCUT2D eigenvalue weighted by atomic mass is 10.1. The molecule has 3 heterocycles. The molecule has 0 radical (unpaired) electrons.